The van der Waals surface area contributed by atoms with Crippen LogP contribution in [0.5, 0.6) is 11.6 Å². The number of aromatic nitrogens is 5. The third-order valence-electron chi connectivity index (χ3n) is 5.96. The second-order valence-corrected chi connectivity index (χ2v) is 9.29. The number of nitrogens with zero attached hydrogens (tertiary/aromatic N) is 3. The molecule has 1 fully saturated rings. The molecule has 0 aliphatic heterocycles. The highest BCUT2D eigenvalue weighted by molar-refractivity contribution is 6.37. The first-order valence-corrected chi connectivity index (χ1v) is 12.0. The molecule has 11 nitrogen and oxygen atoms in total. The average Bonchev–Trinajstić information content (AvgIpc) is 2.85. The molecule has 4 aromatic rings. The Balaban J connectivity index is 1.31. The van der Waals surface area contributed by atoms with E-state index in [1.165, 1.54) is 12.1 Å². The molecule has 1 saturated carbocycles. The molecular formula is C24H20Cl2N6O5. The van der Waals surface area contributed by atoms with Crippen molar-refractivity contribution in [3.63, 3.8) is 0 Å². The molecule has 0 unspecified atom stereocenters. The van der Waals surface area contributed by atoms with Crippen molar-refractivity contribution in [1.29, 1.82) is 0 Å². The maximum atomic E-state index is 12.4. The van der Waals surface area contributed by atoms with E-state index in [1.54, 1.807) is 6.07 Å². The van der Waals surface area contributed by atoms with Gasteiger partial charge in [0.25, 0.3) is 11.1 Å². The van der Waals surface area contributed by atoms with E-state index in [4.69, 9.17) is 38.4 Å². The van der Waals surface area contributed by atoms with Crippen LogP contribution in [0, 0.1) is 0 Å². The minimum absolute atomic E-state index is 0.00756. The number of ether oxygens (including phenoxy) is 2. The molecule has 5 rings (SSSR count). The maximum Gasteiger partial charge on any atom is 0.349 e. The number of hydrogen-bond acceptors (Lipinski definition) is 8. The zero-order chi connectivity index (χ0) is 26.1. The predicted octanol–water partition coefficient (Wildman–Crippen LogP) is 3.15. The van der Waals surface area contributed by atoms with Crippen LogP contribution in [-0.4, -0.2) is 31.1 Å². The van der Waals surface area contributed by atoms with Crippen molar-refractivity contribution in [1.82, 2.24) is 25.0 Å². The maximum absolute atomic E-state index is 12.4. The van der Waals surface area contributed by atoms with Gasteiger partial charge in [0, 0.05) is 11.6 Å². The van der Waals surface area contributed by atoms with Gasteiger partial charge in [-0.15, -0.1) is 10.2 Å². The molecule has 4 N–H and O–H groups in total. The van der Waals surface area contributed by atoms with E-state index < -0.39 is 17.1 Å². The van der Waals surface area contributed by atoms with Crippen molar-refractivity contribution in [3.05, 3.63) is 101 Å². The van der Waals surface area contributed by atoms with Gasteiger partial charge in [0.1, 0.15) is 0 Å². The Bertz CT molecular complexity index is 1610. The third kappa shape index (κ3) is 5.29. The molecule has 37 heavy (non-hydrogen) atoms. The molecule has 0 amide bonds. The van der Waals surface area contributed by atoms with Crippen LogP contribution in [0.1, 0.15) is 29.9 Å². The number of benzene rings is 2. The Labute approximate surface area is 218 Å². The monoisotopic (exact) mass is 542 g/mol. The van der Waals surface area contributed by atoms with E-state index in [0.717, 1.165) is 10.2 Å². The molecule has 2 heterocycles. The van der Waals surface area contributed by atoms with E-state index in [2.05, 4.69) is 15.3 Å². The molecule has 13 heteroatoms. The smallest absolute Gasteiger partial charge is 0.349 e. The van der Waals surface area contributed by atoms with Crippen LogP contribution >= 0.6 is 23.2 Å². The fraction of sp³-hybridized carbons (Fsp3) is 0.208. The number of anilines is 1. The Morgan fingerprint density at radius 3 is 2.43 bits per heavy atom. The summed E-state index contributed by atoms with van der Waals surface area (Å²) in [5.74, 6) is -0.267. The Morgan fingerprint density at radius 2 is 1.73 bits per heavy atom. The van der Waals surface area contributed by atoms with Gasteiger partial charge in [-0.2, -0.15) is 4.68 Å². The van der Waals surface area contributed by atoms with Gasteiger partial charge >= 0.3 is 5.69 Å². The number of H-pyrrole nitrogens is 2. The molecule has 2 aromatic heterocycles. The van der Waals surface area contributed by atoms with Gasteiger partial charge in [-0.05, 0) is 36.5 Å². The molecule has 0 bridgehead atoms. The molecule has 0 atom stereocenters. The average molecular weight is 543 g/mol. The summed E-state index contributed by atoms with van der Waals surface area (Å²) >= 11 is 12.7. The Kier molecular flexibility index (Phi) is 6.83. The highest BCUT2D eigenvalue weighted by atomic mass is 35.5. The molecule has 1 aliphatic carbocycles. The highest BCUT2D eigenvalue weighted by Crippen LogP contribution is 2.40. The van der Waals surface area contributed by atoms with Crippen LogP contribution in [0.4, 0.5) is 5.82 Å². The van der Waals surface area contributed by atoms with E-state index >= 15 is 0 Å². The van der Waals surface area contributed by atoms with Crippen LogP contribution < -0.4 is 27.3 Å². The molecule has 0 radical (unpaired) electrons. The van der Waals surface area contributed by atoms with E-state index in [1.807, 2.05) is 35.3 Å². The van der Waals surface area contributed by atoms with Crippen LogP contribution in [-0.2, 0) is 11.3 Å². The van der Waals surface area contributed by atoms with Crippen molar-refractivity contribution in [2.45, 2.75) is 31.5 Å². The zero-order valence-corrected chi connectivity index (χ0v) is 20.6. The summed E-state index contributed by atoms with van der Waals surface area (Å²) in [4.78, 5) is 38.1. The van der Waals surface area contributed by atoms with Crippen molar-refractivity contribution < 1.29 is 9.47 Å². The van der Waals surface area contributed by atoms with Gasteiger partial charge in [0.15, 0.2) is 5.75 Å². The summed E-state index contributed by atoms with van der Waals surface area (Å²) in [5, 5.41) is 10.2. The molecule has 1 aliphatic rings. The van der Waals surface area contributed by atoms with Gasteiger partial charge in [-0.3, -0.25) is 14.6 Å². The topological polar surface area (TPSA) is 158 Å². The fourth-order valence-corrected chi connectivity index (χ4v) is 4.51. The first-order valence-electron chi connectivity index (χ1n) is 11.2. The lowest BCUT2D eigenvalue weighted by atomic mass is 9.78. The van der Waals surface area contributed by atoms with Crippen LogP contribution in [0.2, 0.25) is 10.0 Å². The van der Waals surface area contributed by atoms with Crippen molar-refractivity contribution in [2.75, 3.05) is 5.73 Å². The zero-order valence-electron chi connectivity index (χ0n) is 19.1. The summed E-state index contributed by atoms with van der Waals surface area (Å²) in [6, 6.07) is 14.2. The highest BCUT2D eigenvalue weighted by Gasteiger charge is 2.33. The summed E-state index contributed by atoms with van der Waals surface area (Å²) in [5.41, 5.74) is 5.33. The molecule has 0 saturated heterocycles. The first-order chi connectivity index (χ1) is 17.8. The molecule has 190 valence electrons. The summed E-state index contributed by atoms with van der Waals surface area (Å²) in [7, 11) is 0. The quantitative estimate of drug-likeness (QED) is 0.321. The van der Waals surface area contributed by atoms with Crippen molar-refractivity contribution in [2.24, 2.45) is 0 Å². The van der Waals surface area contributed by atoms with Crippen molar-refractivity contribution >= 4 is 29.0 Å². The van der Waals surface area contributed by atoms with Crippen LogP contribution in [0.25, 0.3) is 5.69 Å². The lowest BCUT2D eigenvalue weighted by Gasteiger charge is -2.34. The third-order valence-corrected chi connectivity index (χ3v) is 6.52. The van der Waals surface area contributed by atoms with E-state index in [-0.39, 0.29) is 44.9 Å². The Morgan fingerprint density at radius 1 is 1.03 bits per heavy atom. The molecule has 0 spiro atoms. The summed E-state index contributed by atoms with van der Waals surface area (Å²) < 4.78 is 12.6. The predicted molar refractivity (Wildman–Crippen MR) is 137 cm³/mol. The Hall–Kier alpha value is -3.93. The van der Waals surface area contributed by atoms with E-state index in [9.17, 15) is 14.4 Å². The lowest BCUT2D eigenvalue weighted by molar-refractivity contribution is -0.0210. The minimum atomic E-state index is -0.821. The number of hydrogen-bond donors (Lipinski definition) is 3. The number of nitrogen functional groups attached to an aromatic ring is 1. The van der Waals surface area contributed by atoms with Crippen LogP contribution in [0.15, 0.2) is 62.9 Å². The van der Waals surface area contributed by atoms with Gasteiger partial charge in [-0.1, -0.05) is 53.5 Å². The van der Waals surface area contributed by atoms with Gasteiger partial charge in [-0.25, -0.2) is 9.89 Å². The van der Waals surface area contributed by atoms with Crippen LogP contribution in [0.3, 0.4) is 0 Å². The normalized spacial score (nSPS) is 16.8. The minimum Gasteiger partial charge on any atom is -0.434 e. The molecular weight excluding hydrogens is 523 g/mol. The number of nitrogens with one attached hydrogen (secondary N) is 2. The SMILES string of the molecule is Nc1nn(-c2cc(Cl)c(Oc3cc([C@H]4C[C@H](OCc5ccccc5)C4)c(=O)[nH]n3)c(Cl)c2)c(=O)[nH]c1=O. The van der Waals surface area contributed by atoms with Gasteiger partial charge in [0.05, 0.1) is 28.4 Å². The van der Waals surface area contributed by atoms with Gasteiger partial charge < -0.3 is 15.2 Å². The largest absolute Gasteiger partial charge is 0.434 e. The molecule has 2 aromatic carbocycles. The second-order valence-electron chi connectivity index (χ2n) is 8.47. The summed E-state index contributed by atoms with van der Waals surface area (Å²) in [6.45, 7) is 0.513. The number of rotatable bonds is 7. The van der Waals surface area contributed by atoms with E-state index in [0.29, 0.717) is 25.0 Å². The fourth-order valence-electron chi connectivity index (χ4n) is 3.96. The number of nitrogens with two attached hydrogens (primary N) is 1. The number of aromatic amines is 2. The summed E-state index contributed by atoms with van der Waals surface area (Å²) in [6.07, 6.45) is 1.44. The number of halogens is 2. The lowest BCUT2D eigenvalue weighted by Crippen LogP contribution is -2.33. The van der Waals surface area contributed by atoms with Crippen molar-refractivity contribution in [3.8, 4) is 17.3 Å². The standard InChI is InChI=1S/C24H20Cl2N6O5/c25-17-8-14(32-24(35)28-23(34)21(27)31-32)9-18(26)20(17)37-19-10-16(22(33)30-29-19)13-6-15(7-13)36-11-12-4-2-1-3-5-12/h1-5,8-10,13,15H,6-7,11H2,(H2,27,31)(H,30,33)(H,28,34,35)/t13-,15-. The second kappa shape index (κ2) is 10.2. The van der Waals surface area contributed by atoms with Gasteiger partial charge in [0.2, 0.25) is 11.7 Å². The first kappa shape index (κ1) is 24.8.